The maximum atomic E-state index is 13.5. The van der Waals surface area contributed by atoms with Crippen LogP contribution in [0.5, 0.6) is 5.75 Å². The first-order valence-electron chi connectivity index (χ1n) is 5.56. The van der Waals surface area contributed by atoms with Crippen molar-refractivity contribution in [3.63, 3.8) is 0 Å². The maximum Gasteiger partial charge on any atom is 0.167 e. The van der Waals surface area contributed by atoms with Gasteiger partial charge in [0.25, 0.3) is 0 Å². The zero-order valence-electron chi connectivity index (χ0n) is 10.4. The Bertz CT molecular complexity index is 424. The topological polar surface area (TPSA) is 45.0 Å². The van der Waals surface area contributed by atoms with Crippen molar-refractivity contribution in [3.8, 4) is 11.8 Å². The summed E-state index contributed by atoms with van der Waals surface area (Å²) in [4.78, 5) is 0. The molecule has 1 aromatic carbocycles. The first-order chi connectivity index (χ1) is 7.98. The number of ether oxygens (including phenoxy) is 1. The largest absolute Gasteiger partial charge is 0.491 e. The highest BCUT2D eigenvalue weighted by atomic mass is 19.1. The van der Waals surface area contributed by atoms with Crippen LogP contribution in [0.15, 0.2) is 18.2 Å². The number of hydrogen-bond acceptors (Lipinski definition) is 3. The van der Waals surface area contributed by atoms with E-state index < -0.39 is 11.2 Å². The summed E-state index contributed by atoms with van der Waals surface area (Å²) in [7, 11) is 0. The molecule has 0 amide bonds. The highest BCUT2D eigenvalue weighted by molar-refractivity contribution is 5.47. The van der Waals surface area contributed by atoms with Gasteiger partial charge in [-0.15, -0.1) is 0 Å². The fourth-order valence-electron chi connectivity index (χ4n) is 1.25. The Morgan fingerprint density at radius 1 is 1.47 bits per heavy atom. The van der Waals surface area contributed by atoms with E-state index in [0.29, 0.717) is 18.8 Å². The lowest BCUT2D eigenvalue weighted by atomic mass is 9.96. The number of anilines is 1. The third kappa shape index (κ3) is 3.95. The molecule has 0 saturated heterocycles. The minimum absolute atomic E-state index is 0.248. The number of nitrogens with one attached hydrogen (secondary N) is 1. The van der Waals surface area contributed by atoms with Gasteiger partial charge in [0.05, 0.1) is 18.1 Å². The van der Waals surface area contributed by atoms with Gasteiger partial charge in [0, 0.05) is 18.3 Å². The summed E-state index contributed by atoms with van der Waals surface area (Å²) in [6.45, 7) is 6.36. The first kappa shape index (κ1) is 13.3. The predicted molar refractivity (Wildman–Crippen MR) is 65.5 cm³/mol. The number of nitrogens with zero attached hydrogens (tertiary/aromatic N) is 1. The number of hydrogen-bond donors (Lipinski definition) is 1. The van der Waals surface area contributed by atoms with E-state index in [0.717, 1.165) is 0 Å². The van der Waals surface area contributed by atoms with Gasteiger partial charge in [0.2, 0.25) is 0 Å². The van der Waals surface area contributed by atoms with Crippen molar-refractivity contribution >= 4 is 5.69 Å². The van der Waals surface area contributed by atoms with Gasteiger partial charge in [-0.05, 0) is 32.9 Å². The zero-order valence-corrected chi connectivity index (χ0v) is 10.4. The Labute approximate surface area is 101 Å². The summed E-state index contributed by atoms with van der Waals surface area (Å²) >= 11 is 0. The average Bonchev–Trinajstić information content (AvgIpc) is 2.30. The fourth-order valence-corrected chi connectivity index (χ4v) is 1.25. The molecule has 0 fully saturated rings. The highest BCUT2D eigenvalue weighted by Gasteiger charge is 2.16. The number of halogens is 1. The van der Waals surface area contributed by atoms with E-state index in [1.54, 1.807) is 19.1 Å². The monoisotopic (exact) mass is 236 g/mol. The van der Waals surface area contributed by atoms with Crippen LogP contribution in [0.2, 0.25) is 0 Å². The lowest BCUT2D eigenvalue weighted by Gasteiger charge is -2.17. The van der Waals surface area contributed by atoms with Crippen molar-refractivity contribution in [2.24, 2.45) is 5.41 Å². The number of nitriles is 1. The van der Waals surface area contributed by atoms with Gasteiger partial charge in [0.1, 0.15) is 0 Å². The van der Waals surface area contributed by atoms with Gasteiger partial charge < -0.3 is 10.1 Å². The van der Waals surface area contributed by atoms with E-state index in [1.165, 1.54) is 6.07 Å². The lowest BCUT2D eigenvalue weighted by molar-refractivity contribution is 0.321. The van der Waals surface area contributed by atoms with Crippen molar-refractivity contribution in [2.75, 3.05) is 18.5 Å². The molecule has 0 saturated carbocycles. The Balaban J connectivity index is 2.69. The molecule has 3 nitrogen and oxygen atoms in total. The molecule has 0 aliphatic carbocycles. The summed E-state index contributed by atoms with van der Waals surface area (Å²) in [5, 5.41) is 11.9. The Kier molecular flexibility index (Phi) is 4.33. The quantitative estimate of drug-likeness (QED) is 0.854. The third-order valence-electron chi connectivity index (χ3n) is 2.27. The van der Waals surface area contributed by atoms with Gasteiger partial charge >= 0.3 is 0 Å². The molecule has 92 valence electrons. The van der Waals surface area contributed by atoms with Crippen LogP contribution in [0.25, 0.3) is 0 Å². The Hall–Kier alpha value is -1.76. The lowest BCUT2D eigenvalue weighted by Crippen LogP contribution is -2.20. The van der Waals surface area contributed by atoms with Crippen molar-refractivity contribution in [1.29, 1.82) is 5.26 Å². The summed E-state index contributed by atoms with van der Waals surface area (Å²) in [6.07, 6.45) is 0. The molecule has 0 radical (unpaired) electrons. The Morgan fingerprint density at radius 3 is 2.71 bits per heavy atom. The predicted octanol–water partition coefficient (Wildman–Crippen LogP) is 3.19. The SMILES string of the molecule is CCOc1ccc(NCC(C)(C)C#N)cc1F. The van der Waals surface area contributed by atoms with Gasteiger partial charge in [-0.1, -0.05) is 0 Å². The summed E-state index contributed by atoms with van der Waals surface area (Å²) < 4.78 is 18.6. The van der Waals surface area contributed by atoms with E-state index in [-0.39, 0.29) is 5.75 Å². The molecule has 0 aliphatic heterocycles. The van der Waals surface area contributed by atoms with Crippen LogP contribution in [0, 0.1) is 22.6 Å². The summed E-state index contributed by atoms with van der Waals surface area (Å²) in [6, 6.07) is 6.87. The maximum absolute atomic E-state index is 13.5. The van der Waals surface area contributed by atoms with Crippen molar-refractivity contribution in [3.05, 3.63) is 24.0 Å². The number of benzene rings is 1. The zero-order chi connectivity index (χ0) is 12.9. The minimum atomic E-state index is -0.477. The molecule has 1 rings (SSSR count). The molecule has 0 spiro atoms. The minimum Gasteiger partial charge on any atom is -0.491 e. The molecular weight excluding hydrogens is 219 g/mol. The van der Waals surface area contributed by atoms with E-state index in [9.17, 15) is 4.39 Å². The van der Waals surface area contributed by atoms with Crippen LogP contribution >= 0.6 is 0 Å². The number of rotatable bonds is 5. The smallest absolute Gasteiger partial charge is 0.167 e. The fraction of sp³-hybridized carbons (Fsp3) is 0.462. The van der Waals surface area contributed by atoms with Crippen LogP contribution in [0.1, 0.15) is 20.8 Å². The van der Waals surface area contributed by atoms with Gasteiger partial charge in [-0.2, -0.15) is 5.26 Å². The molecule has 0 unspecified atom stereocenters. The highest BCUT2D eigenvalue weighted by Crippen LogP contribution is 2.22. The van der Waals surface area contributed by atoms with Crippen LogP contribution in [0.3, 0.4) is 0 Å². The molecule has 0 heterocycles. The van der Waals surface area contributed by atoms with Gasteiger partial charge in [-0.3, -0.25) is 0 Å². The molecule has 0 bridgehead atoms. The van der Waals surface area contributed by atoms with E-state index in [1.807, 2.05) is 13.8 Å². The van der Waals surface area contributed by atoms with Crippen LogP contribution in [-0.4, -0.2) is 13.2 Å². The molecule has 0 aromatic heterocycles. The Morgan fingerprint density at radius 2 is 2.18 bits per heavy atom. The van der Waals surface area contributed by atoms with Gasteiger partial charge in [0.15, 0.2) is 11.6 Å². The van der Waals surface area contributed by atoms with Crippen LogP contribution < -0.4 is 10.1 Å². The molecule has 0 atom stereocenters. The van der Waals surface area contributed by atoms with E-state index in [4.69, 9.17) is 10.00 Å². The second-order valence-electron chi connectivity index (χ2n) is 4.43. The van der Waals surface area contributed by atoms with Crippen LogP contribution in [-0.2, 0) is 0 Å². The van der Waals surface area contributed by atoms with E-state index >= 15 is 0 Å². The molecule has 1 N–H and O–H groups in total. The van der Waals surface area contributed by atoms with Crippen molar-refractivity contribution in [2.45, 2.75) is 20.8 Å². The summed E-state index contributed by atoms with van der Waals surface area (Å²) in [5.41, 5.74) is 0.170. The molecule has 0 aliphatic rings. The average molecular weight is 236 g/mol. The van der Waals surface area contributed by atoms with E-state index in [2.05, 4.69) is 11.4 Å². The first-order valence-corrected chi connectivity index (χ1v) is 5.56. The van der Waals surface area contributed by atoms with Crippen molar-refractivity contribution in [1.82, 2.24) is 0 Å². The second-order valence-corrected chi connectivity index (χ2v) is 4.43. The normalized spacial score (nSPS) is 10.8. The van der Waals surface area contributed by atoms with Gasteiger partial charge in [-0.25, -0.2) is 4.39 Å². The van der Waals surface area contributed by atoms with Crippen LogP contribution in [0.4, 0.5) is 10.1 Å². The molecule has 4 heteroatoms. The third-order valence-corrected chi connectivity index (χ3v) is 2.27. The van der Waals surface area contributed by atoms with Crippen molar-refractivity contribution < 1.29 is 9.13 Å². The standard InChI is InChI=1S/C13H17FN2O/c1-4-17-12-6-5-10(7-11(12)14)16-9-13(2,3)8-15/h5-7,16H,4,9H2,1-3H3. The molecule has 17 heavy (non-hydrogen) atoms. The molecular formula is C13H17FN2O. The second kappa shape index (κ2) is 5.53. The summed E-state index contributed by atoms with van der Waals surface area (Å²) in [5.74, 6) is -0.149. The molecule has 1 aromatic rings.